The van der Waals surface area contributed by atoms with E-state index in [9.17, 15) is 13.2 Å². The van der Waals surface area contributed by atoms with Crippen LogP contribution in [0.5, 0.6) is 0 Å². The van der Waals surface area contributed by atoms with Crippen LogP contribution in [0.4, 0.5) is 13.2 Å². The van der Waals surface area contributed by atoms with Crippen molar-refractivity contribution >= 4 is 0 Å². The van der Waals surface area contributed by atoms with Crippen LogP contribution in [0, 0.1) is 17.3 Å². The number of hydrogen-bond donors (Lipinski definition) is 0. The van der Waals surface area contributed by atoms with Crippen molar-refractivity contribution in [2.75, 3.05) is 0 Å². The molecule has 2 aliphatic rings. The lowest BCUT2D eigenvalue weighted by atomic mass is 9.77. The Hall–Kier alpha value is -0.470. The molecule has 2 aliphatic carbocycles. The van der Waals surface area contributed by atoms with Crippen LogP contribution in [0.15, 0.2) is 11.6 Å². The van der Waals surface area contributed by atoms with E-state index in [0.717, 1.165) is 19.3 Å². The molecule has 0 nitrogen and oxygen atoms in total. The third-order valence-corrected chi connectivity index (χ3v) is 3.65. The smallest absolute Gasteiger partial charge is 0.170 e. The molecular formula is C11H15F3. The lowest BCUT2D eigenvalue weighted by Gasteiger charge is -2.32. The topological polar surface area (TPSA) is 0 Å². The first-order valence-corrected chi connectivity index (χ1v) is 5.11. The lowest BCUT2D eigenvalue weighted by molar-refractivity contribution is -0.199. The van der Waals surface area contributed by atoms with Gasteiger partial charge in [-0.2, -0.15) is 13.2 Å². The number of fused-ring (bicyclic) bond motifs is 1. The van der Waals surface area contributed by atoms with Crippen LogP contribution in [-0.4, -0.2) is 6.18 Å². The zero-order chi connectivity index (χ0) is 10.6. The standard InChI is InChI=1S/C11H15F3/c1-10(2,11(12,13)14)9-5-3-4-7-6-8(7)9/h5,7-8H,3-4,6H2,1-2H3. The Kier molecular flexibility index (Phi) is 1.99. The van der Waals surface area contributed by atoms with Crippen molar-refractivity contribution in [1.82, 2.24) is 0 Å². The molecule has 0 saturated heterocycles. The second kappa shape index (κ2) is 2.77. The minimum atomic E-state index is -4.11. The molecule has 0 aromatic heterocycles. The molecule has 0 bridgehead atoms. The molecule has 0 N–H and O–H groups in total. The third kappa shape index (κ3) is 1.37. The summed E-state index contributed by atoms with van der Waals surface area (Å²) in [6.45, 7) is 2.61. The van der Waals surface area contributed by atoms with E-state index in [-0.39, 0.29) is 5.92 Å². The molecule has 1 fully saturated rings. The Balaban J connectivity index is 2.25. The molecule has 2 atom stereocenters. The fraction of sp³-hybridized carbons (Fsp3) is 0.818. The minimum absolute atomic E-state index is 0.236. The van der Waals surface area contributed by atoms with E-state index in [2.05, 4.69) is 0 Å². The van der Waals surface area contributed by atoms with Crippen molar-refractivity contribution in [3.63, 3.8) is 0 Å². The number of alkyl halides is 3. The summed E-state index contributed by atoms with van der Waals surface area (Å²) in [7, 11) is 0. The van der Waals surface area contributed by atoms with Crippen molar-refractivity contribution in [1.29, 1.82) is 0 Å². The predicted molar refractivity (Wildman–Crippen MR) is 48.8 cm³/mol. The Morgan fingerprint density at radius 1 is 1.29 bits per heavy atom. The van der Waals surface area contributed by atoms with Gasteiger partial charge in [0.25, 0.3) is 0 Å². The minimum Gasteiger partial charge on any atom is -0.170 e. The molecule has 2 unspecified atom stereocenters. The highest BCUT2D eigenvalue weighted by molar-refractivity contribution is 5.27. The maximum Gasteiger partial charge on any atom is 0.397 e. The second-order valence-electron chi connectivity index (χ2n) is 4.96. The van der Waals surface area contributed by atoms with E-state index < -0.39 is 11.6 Å². The number of hydrogen-bond acceptors (Lipinski definition) is 0. The monoisotopic (exact) mass is 204 g/mol. The summed E-state index contributed by atoms with van der Waals surface area (Å²) in [6.07, 6.45) is 0.606. The van der Waals surface area contributed by atoms with Gasteiger partial charge < -0.3 is 0 Å². The molecule has 0 heterocycles. The van der Waals surface area contributed by atoms with Crippen molar-refractivity contribution in [3.05, 3.63) is 11.6 Å². The maximum absolute atomic E-state index is 12.8. The summed E-state index contributed by atoms with van der Waals surface area (Å²) in [4.78, 5) is 0. The van der Waals surface area contributed by atoms with E-state index in [1.807, 2.05) is 6.08 Å². The summed E-state index contributed by atoms with van der Waals surface area (Å²) in [5, 5.41) is 0. The maximum atomic E-state index is 12.8. The Morgan fingerprint density at radius 3 is 2.50 bits per heavy atom. The van der Waals surface area contributed by atoms with Gasteiger partial charge in [-0.15, -0.1) is 0 Å². The highest BCUT2D eigenvalue weighted by Crippen LogP contribution is 2.58. The lowest BCUT2D eigenvalue weighted by Crippen LogP contribution is -2.35. The van der Waals surface area contributed by atoms with E-state index in [0.29, 0.717) is 11.5 Å². The Bertz CT molecular complexity index is 273. The van der Waals surface area contributed by atoms with Crippen molar-refractivity contribution in [3.8, 4) is 0 Å². The van der Waals surface area contributed by atoms with Crippen LogP contribution in [-0.2, 0) is 0 Å². The SMILES string of the molecule is CC(C)(C1=CCCC2CC12)C(F)(F)F. The van der Waals surface area contributed by atoms with Gasteiger partial charge in [0.05, 0.1) is 5.41 Å². The highest BCUT2D eigenvalue weighted by Gasteiger charge is 2.56. The first kappa shape index (κ1) is 10.1. The van der Waals surface area contributed by atoms with Crippen LogP contribution in [0.2, 0.25) is 0 Å². The Labute approximate surface area is 82.2 Å². The fourth-order valence-electron chi connectivity index (χ4n) is 2.43. The number of rotatable bonds is 1. The van der Waals surface area contributed by atoms with Gasteiger partial charge in [0, 0.05) is 0 Å². The van der Waals surface area contributed by atoms with Gasteiger partial charge in [0.1, 0.15) is 0 Å². The average molecular weight is 204 g/mol. The van der Waals surface area contributed by atoms with E-state index in [4.69, 9.17) is 0 Å². The van der Waals surface area contributed by atoms with Crippen LogP contribution >= 0.6 is 0 Å². The number of halogens is 3. The van der Waals surface area contributed by atoms with Crippen LogP contribution < -0.4 is 0 Å². The van der Waals surface area contributed by atoms with Gasteiger partial charge in [0.2, 0.25) is 0 Å². The molecule has 0 aliphatic heterocycles. The summed E-state index contributed by atoms with van der Waals surface area (Å²) in [5.74, 6) is 0.789. The summed E-state index contributed by atoms with van der Waals surface area (Å²) < 4.78 is 38.3. The Morgan fingerprint density at radius 2 is 1.93 bits per heavy atom. The van der Waals surface area contributed by atoms with Gasteiger partial charge in [0.15, 0.2) is 0 Å². The van der Waals surface area contributed by atoms with Gasteiger partial charge in [-0.3, -0.25) is 0 Å². The predicted octanol–water partition coefficient (Wildman–Crippen LogP) is 3.93. The molecule has 3 heteroatoms. The molecule has 2 rings (SSSR count). The molecule has 0 aromatic carbocycles. The van der Waals surface area contributed by atoms with Crippen LogP contribution in [0.25, 0.3) is 0 Å². The van der Waals surface area contributed by atoms with Crippen molar-refractivity contribution < 1.29 is 13.2 Å². The second-order valence-corrected chi connectivity index (χ2v) is 4.96. The van der Waals surface area contributed by atoms with Crippen LogP contribution in [0.3, 0.4) is 0 Å². The quantitative estimate of drug-likeness (QED) is 0.568. The first-order valence-electron chi connectivity index (χ1n) is 5.11. The summed E-state index contributed by atoms with van der Waals surface area (Å²) in [6, 6.07) is 0. The molecule has 0 radical (unpaired) electrons. The zero-order valence-corrected chi connectivity index (χ0v) is 8.49. The molecule has 0 spiro atoms. The van der Waals surface area contributed by atoms with Crippen molar-refractivity contribution in [2.24, 2.45) is 17.3 Å². The van der Waals surface area contributed by atoms with Gasteiger partial charge in [-0.25, -0.2) is 0 Å². The fourth-order valence-corrected chi connectivity index (χ4v) is 2.43. The molecule has 1 saturated carbocycles. The van der Waals surface area contributed by atoms with Gasteiger partial charge >= 0.3 is 6.18 Å². The molecule has 80 valence electrons. The van der Waals surface area contributed by atoms with E-state index in [1.54, 1.807) is 0 Å². The van der Waals surface area contributed by atoms with Crippen LogP contribution in [0.1, 0.15) is 33.1 Å². The molecule has 0 amide bonds. The van der Waals surface area contributed by atoms with E-state index >= 15 is 0 Å². The average Bonchev–Trinajstić information content (AvgIpc) is 2.78. The summed E-state index contributed by atoms with van der Waals surface area (Å²) >= 11 is 0. The first-order chi connectivity index (χ1) is 6.34. The molecule has 0 aromatic rings. The van der Waals surface area contributed by atoms with E-state index in [1.165, 1.54) is 13.8 Å². The summed E-state index contributed by atoms with van der Waals surface area (Å²) in [5.41, 5.74) is -0.978. The largest absolute Gasteiger partial charge is 0.397 e. The highest BCUT2D eigenvalue weighted by atomic mass is 19.4. The zero-order valence-electron chi connectivity index (χ0n) is 8.49. The number of allylic oxidation sites excluding steroid dienone is 2. The molecular weight excluding hydrogens is 189 g/mol. The normalized spacial score (nSPS) is 32.2. The van der Waals surface area contributed by atoms with Gasteiger partial charge in [-0.1, -0.05) is 11.6 Å². The van der Waals surface area contributed by atoms with Gasteiger partial charge in [-0.05, 0) is 44.9 Å². The van der Waals surface area contributed by atoms with Crippen molar-refractivity contribution in [2.45, 2.75) is 39.3 Å². The molecule has 14 heavy (non-hydrogen) atoms. The third-order valence-electron chi connectivity index (χ3n) is 3.65.